The highest BCUT2D eigenvalue weighted by Gasteiger charge is 2.23. The summed E-state index contributed by atoms with van der Waals surface area (Å²) in [5.74, 6) is -2.29. The fourth-order valence-corrected chi connectivity index (χ4v) is 4.05. The molecule has 4 rings (SSSR count). The van der Waals surface area contributed by atoms with Crippen molar-refractivity contribution in [1.82, 2.24) is 9.13 Å². The van der Waals surface area contributed by atoms with Crippen LogP contribution in [0, 0.1) is 5.92 Å². The molecule has 0 saturated carbocycles. The summed E-state index contributed by atoms with van der Waals surface area (Å²) in [5, 5.41) is 10.6. The Bertz CT molecular complexity index is 1500. The lowest BCUT2D eigenvalue weighted by atomic mass is 9.92. The van der Waals surface area contributed by atoms with Gasteiger partial charge < -0.3 is 5.11 Å². The number of carboxylic acid groups (broad SMARTS) is 1. The number of rotatable bonds is 7. The number of carbonyl (C=O) groups is 2. The first-order chi connectivity index (χ1) is 16.3. The van der Waals surface area contributed by atoms with Crippen LogP contribution < -0.4 is 11.2 Å². The van der Waals surface area contributed by atoms with Crippen LogP contribution in [0.4, 0.5) is 0 Å². The van der Waals surface area contributed by atoms with Gasteiger partial charge in [0.2, 0.25) is 0 Å². The maximum atomic E-state index is 13.0. The summed E-state index contributed by atoms with van der Waals surface area (Å²) in [6.07, 6.45) is -0.0387. The lowest BCUT2D eigenvalue weighted by molar-refractivity contribution is -0.141. The second kappa shape index (κ2) is 9.49. The molecule has 1 heterocycles. The van der Waals surface area contributed by atoms with Crippen LogP contribution in [0.3, 0.4) is 0 Å². The predicted molar refractivity (Wildman–Crippen MR) is 130 cm³/mol. The van der Waals surface area contributed by atoms with E-state index in [4.69, 9.17) is 11.6 Å². The fourth-order valence-electron chi connectivity index (χ4n) is 3.92. The van der Waals surface area contributed by atoms with Crippen molar-refractivity contribution >= 4 is 34.3 Å². The molecule has 0 spiro atoms. The molecule has 34 heavy (non-hydrogen) atoms. The maximum Gasteiger partial charge on any atom is 0.335 e. The zero-order valence-corrected chi connectivity index (χ0v) is 19.0. The van der Waals surface area contributed by atoms with Crippen molar-refractivity contribution in [2.45, 2.75) is 12.8 Å². The van der Waals surface area contributed by atoms with Gasteiger partial charge >= 0.3 is 11.7 Å². The molecule has 0 bridgehead atoms. The third kappa shape index (κ3) is 4.56. The van der Waals surface area contributed by atoms with Gasteiger partial charge in [-0.3, -0.25) is 19.0 Å². The van der Waals surface area contributed by atoms with Crippen molar-refractivity contribution in [3.05, 3.63) is 110 Å². The number of halogens is 1. The first kappa shape index (κ1) is 23.2. The van der Waals surface area contributed by atoms with E-state index >= 15 is 0 Å². The van der Waals surface area contributed by atoms with Crippen molar-refractivity contribution in [2.24, 2.45) is 13.0 Å². The van der Waals surface area contributed by atoms with Gasteiger partial charge in [0.05, 0.1) is 22.5 Å². The van der Waals surface area contributed by atoms with Crippen LogP contribution in [0.2, 0.25) is 5.02 Å². The summed E-state index contributed by atoms with van der Waals surface area (Å²) in [7, 11) is 1.60. The number of Topliss-reactive ketones (excluding diaryl/α,β-unsaturated/α-hetero) is 1. The van der Waals surface area contributed by atoms with Crippen molar-refractivity contribution in [2.75, 3.05) is 0 Å². The third-order valence-electron chi connectivity index (χ3n) is 5.80. The maximum absolute atomic E-state index is 13.0. The van der Waals surface area contributed by atoms with Gasteiger partial charge in [-0.1, -0.05) is 35.9 Å². The summed E-state index contributed by atoms with van der Waals surface area (Å²) in [6.45, 7) is 0. The zero-order chi connectivity index (χ0) is 24.4. The van der Waals surface area contributed by atoms with E-state index in [2.05, 4.69) is 0 Å². The highest BCUT2D eigenvalue weighted by Crippen LogP contribution is 2.19. The van der Waals surface area contributed by atoms with Crippen LogP contribution >= 0.6 is 11.6 Å². The van der Waals surface area contributed by atoms with Gasteiger partial charge in [-0.2, -0.15) is 0 Å². The molecule has 3 aromatic carbocycles. The Morgan fingerprint density at radius 1 is 0.941 bits per heavy atom. The third-order valence-corrected chi connectivity index (χ3v) is 6.05. The molecule has 0 amide bonds. The number of aryl methyl sites for hydroxylation is 1. The molecule has 0 saturated heterocycles. The topological polar surface area (TPSA) is 98.4 Å². The van der Waals surface area contributed by atoms with Crippen LogP contribution in [0.15, 0.2) is 82.4 Å². The predicted octanol–water partition coefficient (Wildman–Crippen LogP) is 3.86. The van der Waals surface area contributed by atoms with Gasteiger partial charge in [0, 0.05) is 24.1 Å². The quantitative estimate of drug-likeness (QED) is 0.408. The number of para-hydroxylation sites is 1. The van der Waals surface area contributed by atoms with Crippen LogP contribution in [0.25, 0.3) is 16.6 Å². The number of carboxylic acids is 1. The highest BCUT2D eigenvalue weighted by molar-refractivity contribution is 6.30. The van der Waals surface area contributed by atoms with E-state index in [1.807, 2.05) is 0 Å². The Morgan fingerprint density at radius 2 is 1.59 bits per heavy atom. The van der Waals surface area contributed by atoms with Gasteiger partial charge in [-0.25, -0.2) is 9.36 Å². The Balaban J connectivity index is 1.59. The van der Waals surface area contributed by atoms with E-state index in [-0.39, 0.29) is 18.6 Å². The SMILES string of the molecule is Cn1c(=O)n(-c2ccc(CC(CC(=O)c3ccc(Cl)cc3)C(=O)O)cc2)c(=O)c2ccccc21. The molecule has 0 aliphatic rings. The summed E-state index contributed by atoms with van der Waals surface area (Å²) in [4.78, 5) is 50.1. The number of carbonyl (C=O) groups excluding carboxylic acids is 1. The molecule has 0 radical (unpaired) electrons. The van der Waals surface area contributed by atoms with Gasteiger partial charge in [0.1, 0.15) is 0 Å². The van der Waals surface area contributed by atoms with Crippen LogP contribution in [-0.2, 0) is 18.3 Å². The van der Waals surface area contributed by atoms with E-state index in [1.165, 1.54) is 4.57 Å². The first-order valence-corrected chi connectivity index (χ1v) is 11.0. The molecular weight excluding hydrogens is 456 g/mol. The minimum Gasteiger partial charge on any atom is -0.481 e. The van der Waals surface area contributed by atoms with Crippen molar-refractivity contribution in [1.29, 1.82) is 0 Å². The molecule has 1 N–H and O–H groups in total. The lowest BCUT2D eigenvalue weighted by Crippen LogP contribution is -2.37. The van der Waals surface area contributed by atoms with Gasteiger partial charge in [0.15, 0.2) is 5.78 Å². The van der Waals surface area contributed by atoms with Crippen LogP contribution in [0.5, 0.6) is 0 Å². The number of nitrogens with zero attached hydrogens (tertiary/aromatic N) is 2. The van der Waals surface area contributed by atoms with Crippen molar-refractivity contribution in [3.63, 3.8) is 0 Å². The minimum absolute atomic E-state index is 0.125. The number of hydrogen-bond donors (Lipinski definition) is 1. The van der Waals surface area contributed by atoms with Gasteiger partial charge in [-0.15, -0.1) is 0 Å². The summed E-state index contributed by atoms with van der Waals surface area (Å²) >= 11 is 5.85. The van der Waals surface area contributed by atoms with Crippen LogP contribution in [0.1, 0.15) is 22.3 Å². The number of aliphatic carboxylic acids is 1. The normalized spacial score (nSPS) is 11.9. The van der Waals surface area contributed by atoms with Crippen molar-refractivity contribution in [3.8, 4) is 5.69 Å². The Morgan fingerprint density at radius 3 is 2.24 bits per heavy atom. The molecular formula is C26H21ClN2O5. The number of hydrogen-bond acceptors (Lipinski definition) is 4. The number of ketones is 1. The first-order valence-electron chi connectivity index (χ1n) is 10.6. The summed E-state index contributed by atoms with van der Waals surface area (Å²) in [5.41, 5.74) is 1.09. The lowest BCUT2D eigenvalue weighted by Gasteiger charge is -2.13. The largest absolute Gasteiger partial charge is 0.481 e. The Kier molecular flexibility index (Phi) is 6.47. The second-order valence-corrected chi connectivity index (χ2v) is 8.48. The summed E-state index contributed by atoms with van der Waals surface area (Å²) in [6, 6.07) is 19.7. The standard InChI is InChI=1S/C26H21ClN2O5/c1-28-22-5-3-2-4-21(22)24(31)29(26(28)34)20-12-6-16(7-13-20)14-18(25(32)33)15-23(30)17-8-10-19(27)11-9-17/h2-13,18H,14-15H2,1H3,(H,32,33). The Hall–Kier alpha value is -3.97. The molecule has 0 aliphatic heterocycles. The van der Waals surface area contributed by atoms with E-state index in [0.717, 1.165) is 4.57 Å². The number of aromatic nitrogens is 2. The van der Waals surface area contributed by atoms with Gasteiger partial charge in [-0.05, 0) is 60.5 Å². The molecule has 1 aromatic heterocycles. The van der Waals surface area contributed by atoms with Crippen LogP contribution in [-0.4, -0.2) is 26.0 Å². The summed E-state index contributed by atoms with van der Waals surface area (Å²) < 4.78 is 2.50. The fraction of sp³-hybridized carbons (Fsp3) is 0.154. The van der Waals surface area contributed by atoms with E-state index in [0.29, 0.717) is 32.7 Å². The van der Waals surface area contributed by atoms with E-state index < -0.39 is 23.1 Å². The van der Waals surface area contributed by atoms with Crippen molar-refractivity contribution < 1.29 is 14.7 Å². The number of fused-ring (bicyclic) bond motifs is 1. The van der Waals surface area contributed by atoms with E-state index in [1.54, 1.807) is 79.8 Å². The second-order valence-electron chi connectivity index (χ2n) is 8.04. The number of benzene rings is 3. The smallest absolute Gasteiger partial charge is 0.335 e. The zero-order valence-electron chi connectivity index (χ0n) is 18.3. The average Bonchev–Trinajstić information content (AvgIpc) is 2.83. The highest BCUT2D eigenvalue weighted by atomic mass is 35.5. The molecule has 1 unspecified atom stereocenters. The Labute approximate surface area is 199 Å². The molecule has 4 aromatic rings. The molecule has 7 nitrogen and oxygen atoms in total. The average molecular weight is 477 g/mol. The monoisotopic (exact) mass is 476 g/mol. The molecule has 0 aliphatic carbocycles. The molecule has 1 atom stereocenters. The van der Waals surface area contributed by atoms with Gasteiger partial charge in [0.25, 0.3) is 5.56 Å². The molecule has 8 heteroatoms. The minimum atomic E-state index is -1.08. The molecule has 172 valence electrons. The molecule has 0 fully saturated rings. The van der Waals surface area contributed by atoms with E-state index in [9.17, 15) is 24.3 Å².